The lowest BCUT2D eigenvalue weighted by molar-refractivity contribution is -0.153. The topological polar surface area (TPSA) is 75.3 Å². The number of nitrogens with zero attached hydrogens (tertiary/aromatic N) is 2. The summed E-state index contributed by atoms with van der Waals surface area (Å²) in [6.45, 7) is 1.88. The Morgan fingerprint density at radius 1 is 1.67 bits per heavy atom. The Hall–Kier alpha value is -1.36. The number of aromatic nitrogens is 2. The van der Waals surface area contributed by atoms with Gasteiger partial charge in [0.05, 0.1) is 11.8 Å². The van der Waals surface area contributed by atoms with Gasteiger partial charge >= 0.3 is 5.97 Å². The number of aliphatic carboxylic acids is 1. The number of carboxylic acid groups (broad SMARTS) is 1. The number of hydrogen-bond acceptors (Lipinski definition) is 3. The molecule has 1 aromatic heterocycles. The third-order valence-electron chi connectivity index (χ3n) is 3.18. The van der Waals surface area contributed by atoms with Crippen molar-refractivity contribution in [1.82, 2.24) is 9.78 Å². The van der Waals surface area contributed by atoms with E-state index < -0.39 is 17.5 Å². The highest BCUT2D eigenvalue weighted by atomic mass is 16.4. The van der Waals surface area contributed by atoms with E-state index in [1.54, 1.807) is 17.8 Å². The lowest BCUT2D eigenvalue weighted by Crippen LogP contribution is -2.50. The van der Waals surface area contributed by atoms with E-state index in [1.807, 2.05) is 6.92 Å². The Kier molecular flexibility index (Phi) is 2.08. The van der Waals surface area contributed by atoms with Crippen LogP contribution in [0, 0.1) is 6.92 Å². The van der Waals surface area contributed by atoms with E-state index in [4.69, 9.17) is 0 Å². The molecule has 0 amide bonds. The van der Waals surface area contributed by atoms with E-state index in [2.05, 4.69) is 5.10 Å². The van der Waals surface area contributed by atoms with Gasteiger partial charge in [-0.3, -0.25) is 9.48 Å². The normalized spacial score (nSPS) is 29.9. The van der Waals surface area contributed by atoms with Crippen LogP contribution < -0.4 is 0 Å². The van der Waals surface area contributed by atoms with E-state index in [9.17, 15) is 15.0 Å². The first-order valence-electron chi connectivity index (χ1n) is 4.88. The van der Waals surface area contributed by atoms with Crippen molar-refractivity contribution in [1.29, 1.82) is 0 Å². The molecule has 1 aliphatic rings. The van der Waals surface area contributed by atoms with Gasteiger partial charge in [0.1, 0.15) is 5.41 Å². The van der Waals surface area contributed by atoms with Crippen LogP contribution in [0.25, 0.3) is 0 Å². The van der Waals surface area contributed by atoms with E-state index in [0.29, 0.717) is 5.69 Å². The molecule has 5 nitrogen and oxygen atoms in total. The quantitative estimate of drug-likeness (QED) is 0.731. The number of aryl methyl sites for hydroxylation is 2. The van der Waals surface area contributed by atoms with Gasteiger partial charge in [-0.2, -0.15) is 5.10 Å². The first-order chi connectivity index (χ1) is 6.95. The van der Waals surface area contributed by atoms with Crippen molar-refractivity contribution in [2.45, 2.75) is 31.3 Å². The molecular weight excluding hydrogens is 196 g/mol. The zero-order chi connectivity index (χ0) is 11.2. The van der Waals surface area contributed by atoms with Crippen molar-refractivity contribution in [3.05, 3.63) is 17.5 Å². The molecule has 1 aliphatic carbocycles. The van der Waals surface area contributed by atoms with Crippen molar-refractivity contribution < 1.29 is 15.0 Å². The summed E-state index contributed by atoms with van der Waals surface area (Å²) in [5.41, 5.74) is 0.512. The summed E-state index contributed by atoms with van der Waals surface area (Å²) in [4.78, 5) is 11.2. The third kappa shape index (κ3) is 1.34. The molecule has 0 unspecified atom stereocenters. The molecule has 1 fully saturated rings. The Morgan fingerprint density at radius 3 is 2.60 bits per heavy atom. The first-order valence-corrected chi connectivity index (χ1v) is 4.88. The zero-order valence-corrected chi connectivity index (χ0v) is 8.77. The van der Waals surface area contributed by atoms with E-state index in [0.717, 1.165) is 5.69 Å². The van der Waals surface area contributed by atoms with Crippen molar-refractivity contribution in [2.75, 3.05) is 0 Å². The highest BCUT2D eigenvalue weighted by Crippen LogP contribution is 2.43. The molecule has 1 aromatic rings. The predicted octanol–water partition coefficient (Wildman–Crippen LogP) is 0.206. The Bertz CT molecular complexity index is 385. The standard InChI is InChI=1S/C10H14N2O3/c1-6-3-8(11-12(6)2)10(9(14)15)4-7(13)5-10/h3,7,13H,4-5H2,1-2H3,(H,14,15). The third-order valence-corrected chi connectivity index (χ3v) is 3.18. The van der Waals surface area contributed by atoms with Crippen molar-refractivity contribution in [2.24, 2.45) is 7.05 Å². The summed E-state index contributed by atoms with van der Waals surface area (Å²) in [5, 5.41) is 22.7. The fraction of sp³-hybridized carbons (Fsp3) is 0.600. The van der Waals surface area contributed by atoms with Crippen LogP contribution >= 0.6 is 0 Å². The lowest BCUT2D eigenvalue weighted by Gasteiger charge is -2.40. The molecule has 15 heavy (non-hydrogen) atoms. The second kappa shape index (κ2) is 3.06. The number of hydrogen-bond donors (Lipinski definition) is 2. The smallest absolute Gasteiger partial charge is 0.316 e. The minimum absolute atomic E-state index is 0.263. The van der Waals surface area contributed by atoms with Crippen LogP contribution in [0.4, 0.5) is 0 Å². The second-order valence-electron chi connectivity index (χ2n) is 4.24. The van der Waals surface area contributed by atoms with Gasteiger partial charge in [-0.15, -0.1) is 0 Å². The van der Waals surface area contributed by atoms with E-state index >= 15 is 0 Å². The summed E-state index contributed by atoms with van der Waals surface area (Å²) in [5.74, 6) is -0.897. The SMILES string of the molecule is Cc1cc(C2(C(=O)O)CC(O)C2)nn1C. The molecule has 1 heterocycles. The number of carbonyl (C=O) groups is 1. The van der Waals surface area contributed by atoms with Crippen LogP contribution in [0.2, 0.25) is 0 Å². The van der Waals surface area contributed by atoms with Crippen LogP contribution in [0.15, 0.2) is 6.07 Å². The van der Waals surface area contributed by atoms with E-state index in [-0.39, 0.29) is 12.8 Å². The maximum absolute atomic E-state index is 11.2. The van der Waals surface area contributed by atoms with Gasteiger partial charge in [-0.1, -0.05) is 0 Å². The molecular formula is C10H14N2O3. The second-order valence-corrected chi connectivity index (χ2v) is 4.24. The molecule has 2 rings (SSSR count). The molecule has 0 aromatic carbocycles. The summed E-state index contributed by atoms with van der Waals surface area (Å²) >= 11 is 0. The average molecular weight is 210 g/mol. The van der Waals surface area contributed by atoms with Crippen LogP contribution in [0.5, 0.6) is 0 Å². The van der Waals surface area contributed by atoms with Gasteiger partial charge in [0.25, 0.3) is 0 Å². The molecule has 0 aliphatic heterocycles. The summed E-state index contributed by atoms with van der Waals surface area (Å²) < 4.78 is 1.66. The summed E-state index contributed by atoms with van der Waals surface area (Å²) in [6, 6.07) is 1.78. The van der Waals surface area contributed by atoms with Crippen molar-refractivity contribution in [3.8, 4) is 0 Å². The average Bonchev–Trinajstić information content (AvgIpc) is 2.40. The maximum Gasteiger partial charge on any atom is 0.316 e. The number of carboxylic acids is 1. The van der Waals surface area contributed by atoms with Gasteiger partial charge in [0, 0.05) is 12.7 Å². The molecule has 5 heteroatoms. The van der Waals surface area contributed by atoms with Gasteiger partial charge in [-0.25, -0.2) is 0 Å². The Balaban J connectivity index is 2.38. The van der Waals surface area contributed by atoms with Gasteiger partial charge in [-0.05, 0) is 25.8 Å². The van der Waals surface area contributed by atoms with Crippen molar-refractivity contribution >= 4 is 5.97 Å². The number of rotatable bonds is 2. The van der Waals surface area contributed by atoms with Crippen LogP contribution in [0.1, 0.15) is 24.2 Å². The Morgan fingerprint density at radius 2 is 2.27 bits per heavy atom. The monoisotopic (exact) mass is 210 g/mol. The summed E-state index contributed by atoms with van der Waals surface area (Å²) in [7, 11) is 1.78. The largest absolute Gasteiger partial charge is 0.481 e. The molecule has 0 spiro atoms. The minimum atomic E-state index is -0.967. The highest BCUT2D eigenvalue weighted by Gasteiger charge is 2.53. The first kappa shape index (κ1) is 10.2. The summed E-state index contributed by atoms with van der Waals surface area (Å²) in [6.07, 6.45) is 0.0146. The predicted molar refractivity (Wildman–Crippen MR) is 52.5 cm³/mol. The molecule has 82 valence electrons. The molecule has 0 atom stereocenters. The van der Waals surface area contributed by atoms with Gasteiger partial charge in [0.15, 0.2) is 0 Å². The fourth-order valence-electron chi connectivity index (χ4n) is 2.03. The van der Waals surface area contributed by atoms with E-state index in [1.165, 1.54) is 0 Å². The molecule has 0 bridgehead atoms. The molecule has 0 saturated heterocycles. The molecule has 0 radical (unpaired) electrons. The maximum atomic E-state index is 11.2. The van der Waals surface area contributed by atoms with Crippen LogP contribution in [-0.2, 0) is 17.3 Å². The van der Waals surface area contributed by atoms with Crippen molar-refractivity contribution in [3.63, 3.8) is 0 Å². The van der Waals surface area contributed by atoms with Crippen LogP contribution in [0.3, 0.4) is 0 Å². The van der Waals surface area contributed by atoms with Gasteiger partial charge < -0.3 is 10.2 Å². The number of aliphatic hydroxyl groups is 1. The Labute approximate surface area is 87.3 Å². The minimum Gasteiger partial charge on any atom is -0.481 e. The lowest BCUT2D eigenvalue weighted by atomic mass is 9.65. The van der Waals surface area contributed by atoms with Crippen LogP contribution in [-0.4, -0.2) is 32.1 Å². The highest BCUT2D eigenvalue weighted by molar-refractivity contribution is 5.82. The zero-order valence-electron chi connectivity index (χ0n) is 8.77. The van der Waals surface area contributed by atoms with Gasteiger partial charge in [0.2, 0.25) is 0 Å². The number of aliphatic hydroxyl groups excluding tert-OH is 1. The fourth-order valence-corrected chi connectivity index (χ4v) is 2.03. The molecule has 2 N–H and O–H groups in total. The molecule has 1 saturated carbocycles.